The first kappa shape index (κ1) is 17.2. The molecule has 8 heteroatoms. The minimum atomic E-state index is -1.33. The minimum absolute atomic E-state index is 0.128. The number of carbonyl (C=O) groups excluding carboxylic acids is 1. The number of primary amides is 1. The van der Waals surface area contributed by atoms with Crippen LogP contribution in [0.3, 0.4) is 0 Å². The third kappa shape index (κ3) is 2.34. The number of benzene rings is 2. The van der Waals surface area contributed by atoms with Crippen molar-refractivity contribution >= 4 is 45.0 Å². The van der Waals surface area contributed by atoms with Gasteiger partial charge in [0, 0.05) is 32.2 Å². The number of nitrogens with two attached hydrogens (primary N) is 1. The van der Waals surface area contributed by atoms with Crippen molar-refractivity contribution < 1.29 is 13.6 Å². The zero-order chi connectivity index (χ0) is 18.6. The molecule has 5 nitrogen and oxygen atoms in total. The lowest BCUT2D eigenvalue weighted by Gasteiger charge is -2.17. The van der Waals surface area contributed by atoms with Crippen LogP contribution in [0, 0.1) is 11.6 Å². The number of fused-ring (bicyclic) bond motifs is 2. The fourth-order valence-corrected chi connectivity index (χ4v) is 3.23. The third-order valence-corrected chi connectivity index (χ3v) is 4.55. The number of anilines is 1. The van der Waals surface area contributed by atoms with E-state index in [4.69, 9.17) is 17.3 Å². The molecule has 0 bridgehead atoms. The van der Waals surface area contributed by atoms with E-state index in [1.165, 1.54) is 11.6 Å². The summed E-state index contributed by atoms with van der Waals surface area (Å²) in [6, 6.07) is 5.03. The van der Waals surface area contributed by atoms with E-state index in [2.05, 4.69) is 0 Å². The zero-order valence-electron chi connectivity index (χ0n) is 13.7. The van der Waals surface area contributed by atoms with Crippen LogP contribution >= 0.6 is 11.6 Å². The van der Waals surface area contributed by atoms with Gasteiger partial charge in [-0.25, -0.2) is 8.78 Å². The maximum absolute atomic E-state index is 14.8. The Kier molecular flexibility index (Phi) is 3.91. The van der Waals surface area contributed by atoms with Crippen molar-refractivity contribution in [3.8, 4) is 0 Å². The summed E-state index contributed by atoms with van der Waals surface area (Å²) in [5.74, 6) is -3.91. The highest BCUT2D eigenvalue weighted by Crippen LogP contribution is 2.32. The number of hydrogen-bond acceptors (Lipinski definition) is 3. The maximum Gasteiger partial charge on any atom is 0.254 e. The van der Waals surface area contributed by atoms with E-state index >= 15 is 0 Å². The number of pyridine rings is 1. The Morgan fingerprint density at radius 1 is 1.24 bits per heavy atom. The molecule has 25 heavy (non-hydrogen) atoms. The van der Waals surface area contributed by atoms with Crippen LogP contribution < -0.4 is 16.1 Å². The van der Waals surface area contributed by atoms with Crippen LogP contribution in [0.1, 0.15) is 10.4 Å². The molecule has 2 aromatic carbocycles. The van der Waals surface area contributed by atoms with E-state index < -0.39 is 38.9 Å². The van der Waals surface area contributed by atoms with Gasteiger partial charge >= 0.3 is 0 Å². The van der Waals surface area contributed by atoms with Gasteiger partial charge in [-0.3, -0.25) is 9.59 Å². The highest BCUT2D eigenvalue weighted by atomic mass is 35.5. The summed E-state index contributed by atoms with van der Waals surface area (Å²) in [7, 11) is 5.13. The Labute approximate surface area is 146 Å². The lowest BCUT2D eigenvalue weighted by atomic mass is 10.0. The van der Waals surface area contributed by atoms with Gasteiger partial charge in [0.2, 0.25) is 0 Å². The molecular weight excluding hydrogens is 352 g/mol. The molecule has 0 fully saturated rings. The monoisotopic (exact) mass is 365 g/mol. The first-order valence-corrected chi connectivity index (χ1v) is 7.64. The molecule has 0 aliphatic rings. The van der Waals surface area contributed by atoms with Crippen molar-refractivity contribution in [3.63, 3.8) is 0 Å². The van der Waals surface area contributed by atoms with Gasteiger partial charge < -0.3 is 15.2 Å². The average molecular weight is 366 g/mol. The largest absolute Gasteiger partial charge is 0.378 e. The van der Waals surface area contributed by atoms with Crippen molar-refractivity contribution in [2.24, 2.45) is 12.8 Å². The van der Waals surface area contributed by atoms with Crippen molar-refractivity contribution in [1.29, 1.82) is 0 Å². The second-order valence-electron chi connectivity index (χ2n) is 5.89. The minimum Gasteiger partial charge on any atom is -0.378 e. The fraction of sp³-hybridized carbons (Fsp3) is 0.176. The number of amides is 1. The second kappa shape index (κ2) is 5.70. The van der Waals surface area contributed by atoms with E-state index in [1.807, 2.05) is 0 Å². The third-order valence-electron chi connectivity index (χ3n) is 4.21. The second-order valence-corrected chi connectivity index (χ2v) is 6.27. The number of carbonyl (C=O) groups is 1. The lowest BCUT2D eigenvalue weighted by Crippen LogP contribution is -2.20. The van der Waals surface area contributed by atoms with E-state index in [0.29, 0.717) is 5.52 Å². The highest BCUT2D eigenvalue weighted by Gasteiger charge is 2.26. The Morgan fingerprint density at radius 3 is 2.44 bits per heavy atom. The van der Waals surface area contributed by atoms with Crippen LogP contribution in [0.4, 0.5) is 14.5 Å². The van der Waals surface area contributed by atoms with Crippen LogP contribution in [0.25, 0.3) is 21.8 Å². The van der Waals surface area contributed by atoms with Crippen LogP contribution in [0.15, 0.2) is 23.0 Å². The van der Waals surface area contributed by atoms with Crippen LogP contribution in [-0.4, -0.2) is 24.6 Å². The predicted octanol–water partition coefficient (Wildman–Crippen LogP) is 2.79. The number of aryl methyl sites for hydroxylation is 1. The van der Waals surface area contributed by atoms with Gasteiger partial charge in [0.1, 0.15) is 10.6 Å². The molecule has 0 aliphatic heterocycles. The molecule has 130 valence electrons. The molecule has 0 saturated heterocycles. The predicted molar refractivity (Wildman–Crippen MR) is 94.5 cm³/mol. The summed E-state index contributed by atoms with van der Waals surface area (Å²) in [6.07, 6.45) is 0. The zero-order valence-corrected chi connectivity index (χ0v) is 14.4. The maximum atomic E-state index is 14.8. The van der Waals surface area contributed by atoms with Crippen LogP contribution in [0.5, 0.6) is 0 Å². The van der Waals surface area contributed by atoms with Gasteiger partial charge in [0.05, 0.1) is 16.4 Å². The summed E-state index contributed by atoms with van der Waals surface area (Å²) < 4.78 is 30.5. The van der Waals surface area contributed by atoms with E-state index in [9.17, 15) is 18.4 Å². The topological polar surface area (TPSA) is 68.3 Å². The molecule has 1 aromatic heterocycles. The van der Waals surface area contributed by atoms with E-state index in [-0.39, 0.29) is 10.9 Å². The fourth-order valence-electron chi connectivity index (χ4n) is 2.92. The normalized spacial score (nSPS) is 11.3. The molecular formula is C17H14ClF2N3O2. The smallest absolute Gasteiger partial charge is 0.254 e. The van der Waals surface area contributed by atoms with Gasteiger partial charge in [-0.2, -0.15) is 0 Å². The molecule has 0 aliphatic carbocycles. The number of halogens is 3. The Bertz CT molecular complexity index is 1120. The van der Waals surface area contributed by atoms with Crippen molar-refractivity contribution in [2.45, 2.75) is 0 Å². The Balaban J connectivity index is 2.65. The van der Waals surface area contributed by atoms with Crippen LogP contribution in [-0.2, 0) is 7.05 Å². The first-order chi connectivity index (χ1) is 11.7. The van der Waals surface area contributed by atoms with Gasteiger partial charge in [0.25, 0.3) is 5.91 Å². The summed E-state index contributed by atoms with van der Waals surface area (Å²) in [5.41, 5.74) is 4.40. The van der Waals surface area contributed by atoms with Gasteiger partial charge in [-0.15, -0.1) is 0 Å². The van der Waals surface area contributed by atoms with Crippen molar-refractivity contribution in [1.82, 2.24) is 4.57 Å². The number of aromatic nitrogens is 1. The molecule has 3 aromatic rings. The molecule has 1 amide bonds. The summed E-state index contributed by atoms with van der Waals surface area (Å²) in [6.45, 7) is 0. The molecule has 0 atom stereocenters. The van der Waals surface area contributed by atoms with Crippen LogP contribution in [0.2, 0.25) is 5.02 Å². The quantitative estimate of drug-likeness (QED) is 0.561. The van der Waals surface area contributed by atoms with Gasteiger partial charge in [-0.1, -0.05) is 11.6 Å². The van der Waals surface area contributed by atoms with Crippen molar-refractivity contribution in [3.05, 3.63) is 50.6 Å². The number of hydrogen-bond donors (Lipinski definition) is 1. The number of nitrogens with zero attached hydrogens (tertiary/aromatic N) is 2. The average Bonchev–Trinajstić information content (AvgIpc) is 2.55. The van der Waals surface area contributed by atoms with Gasteiger partial charge in [0.15, 0.2) is 17.1 Å². The summed E-state index contributed by atoms with van der Waals surface area (Å²) >= 11 is 5.99. The SMILES string of the molecule is CN(C)c1ccc2c(c1)c(=O)c1c(F)c(C(N)=O)c(F)c(Cl)c1n2C. The standard InChI is InChI=1S/C17H14ClF2N3O2/c1-22(2)7-4-5-9-8(6-7)16(24)11-13(19)10(17(21)25)14(20)12(18)15(11)23(9)3/h4-6H,1-3H3,(H2,21,25). The molecule has 3 rings (SSSR count). The van der Waals surface area contributed by atoms with Crippen molar-refractivity contribution in [2.75, 3.05) is 19.0 Å². The number of rotatable bonds is 2. The molecule has 0 unspecified atom stereocenters. The highest BCUT2D eigenvalue weighted by molar-refractivity contribution is 6.36. The first-order valence-electron chi connectivity index (χ1n) is 7.26. The lowest BCUT2D eigenvalue weighted by molar-refractivity contribution is 0.0992. The van der Waals surface area contributed by atoms with E-state index in [1.54, 1.807) is 37.2 Å². The Morgan fingerprint density at radius 2 is 1.88 bits per heavy atom. The molecule has 2 N–H and O–H groups in total. The molecule has 0 radical (unpaired) electrons. The summed E-state index contributed by atoms with van der Waals surface area (Å²) in [4.78, 5) is 26.1. The van der Waals surface area contributed by atoms with E-state index in [0.717, 1.165) is 5.69 Å². The summed E-state index contributed by atoms with van der Waals surface area (Å²) in [5, 5.41) is -0.771. The Hall–Kier alpha value is -2.67. The van der Waals surface area contributed by atoms with Gasteiger partial charge in [-0.05, 0) is 18.2 Å². The molecule has 0 spiro atoms. The molecule has 0 saturated carbocycles. The molecule has 1 heterocycles.